The number of carbonyl (C=O) groups is 1. The number of halogens is 3. The molecule has 2 aromatic heterocycles. The maximum atomic E-state index is 13.9. The van der Waals surface area contributed by atoms with E-state index in [-0.39, 0.29) is 17.7 Å². The van der Waals surface area contributed by atoms with Crippen LogP contribution in [0.4, 0.5) is 13.2 Å². The van der Waals surface area contributed by atoms with Gasteiger partial charge < -0.3 is 19.4 Å². The van der Waals surface area contributed by atoms with Crippen LogP contribution < -0.4 is 5.56 Å². The van der Waals surface area contributed by atoms with E-state index >= 15 is 0 Å². The van der Waals surface area contributed by atoms with Crippen LogP contribution >= 0.6 is 0 Å². The van der Waals surface area contributed by atoms with Gasteiger partial charge >= 0.3 is 5.97 Å². The summed E-state index contributed by atoms with van der Waals surface area (Å²) in [6.45, 7) is 1.83. The molecule has 0 unspecified atom stereocenters. The molecular formula is C21H20F3N3O4. The number of ether oxygens (including phenoxy) is 1. The number of methoxy groups -OCH3 is 1. The van der Waals surface area contributed by atoms with Crippen LogP contribution in [-0.4, -0.2) is 32.7 Å². The van der Waals surface area contributed by atoms with Crippen molar-refractivity contribution in [3.63, 3.8) is 0 Å². The summed E-state index contributed by atoms with van der Waals surface area (Å²) in [6, 6.07) is 2.71. The molecule has 1 aromatic carbocycles. The number of carbonyl (C=O) groups excluding carboxylic acids is 1. The molecule has 7 nitrogen and oxygen atoms in total. The zero-order valence-electron chi connectivity index (χ0n) is 16.8. The number of aromatic amines is 1. The number of benzene rings is 1. The zero-order valence-corrected chi connectivity index (χ0v) is 16.8. The molecule has 0 radical (unpaired) electrons. The normalized spacial score (nSPS) is 12.0. The molecule has 0 fully saturated rings. The summed E-state index contributed by atoms with van der Waals surface area (Å²) in [5.74, 6) is -7.11. The van der Waals surface area contributed by atoms with E-state index in [4.69, 9.17) is 0 Å². The van der Waals surface area contributed by atoms with Crippen LogP contribution in [0.2, 0.25) is 0 Å². The number of nitrogens with one attached hydrogen (secondary N) is 1. The second kappa shape index (κ2) is 9.07. The van der Waals surface area contributed by atoms with Gasteiger partial charge in [0.1, 0.15) is 5.75 Å². The van der Waals surface area contributed by atoms with Gasteiger partial charge in [0.2, 0.25) is 0 Å². The molecule has 2 N–H and O–H groups in total. The van der Waals surface area contributed by atoms with Crippen molar-refractivity contribution in [2.75, 3.05) is 7.11 Å². The summed E-state index contributed by atoms with van der Waals surface area (Å²) in [7, 11) is 1.11. The number of aromatic hydroxyl groups is 1. The third-order valence-electron chi connectivity index (χ3n) is 5.04. The number of H-pyrrole nitrogens is 1. The molecule has 0 aliphatic rings. The Hall–Kier alpha value is -3.56. The Kier molecular flexibility index (Phi) is 6.47. The molecule has 0 spiro atoms. The molecule has 0 saturated heterocycles. The van der Waals surface area contributed by atoms with Crippen LogP contribution in [0.25, 0.3) is 0 Å². The molecule has 0 aliphatic heterocycles. The Morgan fingerprint density at radius 1 is 1.26 bits per heavy atom. The topological polar surface area (TPSA) is 97.2 Å². The van der Waals surface area contributed by atoms with Crippen LogP contribution in [0, 0.1) is 24.4 Å². The molecule has 10 heteroatoms. The molecule has 164 valence electrons. The van der Waals surface area contributed by atoms with Crippen LogP contribution in [0.1, 0.15) is 34.9 Å². The fourth-order valence-electron chi connectivity index (χ4n) is 3.44. The molecule has 3 rings (SSSR count). The first kappa shape index (κ1) is 22.1. The van der Waals surface area contributed by atoms with Gasteiger partial charge in [0.15, 0.2) is 17.5 Å². The minimum Gasteiger partial charge on any atom is -0.507 e. The van der Waals surface area contributed by atoms with Crippen molar-refractivity contribution >= 4 is 5.97 Å². The lowest BCUT2D eigenvalue weighted by molar-refractivity contribution is -0.140. The highest BCUT2D eigenvalue weighted by Gasteiger charge is 2.28. The van der Waals surface area contributed by atoms with Crippen molar-refractivity contribution in [2.45, 2.75) is 32.2 Å². The van der Waals surface area contributed by atoms with E-state index in [1.807, 2.05) is 0 Å². The number of hydrogen-bond acceptors (Lipinski definition) is 5. The van der Waals surface area contributed by atoms with Crippen LogP contribution in [0.15, 0.2) is 35.5 Å². The average molecular weight is 435 g/mol. The predicted octanol–water partition coefficient (Wildman–Crippen LogP) is 2.94. The monoisotopic (exact) mass is 435 g/mol. The van der Waals surface area contributed by atoms with E-state index in [2.05, 4.69) is 14.7 Å². The van der Waals surface area contributed by atoms with Gasteiger partial charge in [-0.2, -0.15) is 0 Å². The highest BCUT2D eigenvalue weighted by molar-refractivity contribution is 5.71. The van der Waals surface area contributed by atoms with E-state index in [0.29, 0.717) is 24.2 Å². The lowest BCUT2D eigenvalue weighted by Crippen LogP contribution is -2.29. The molecule has 0 saturated carbocycles. The Morgan fingerprint density at radius 3 is 2.52 bits per heavy atom. The fourth-order valence-corrected chi connectivity index (χ4v) is 3.44. The van der Waals surface area contributed by atoms with Gasteiger partial charge in [0.25, 0.3) is 5.56 Å². The number of imidazole rings is 1. The van der Waals surface area contributed by atoms with Crippen molar-refractivity contribution in [1.82, 2.24) is 14.5 Å². The van der Waals surface area contributed by atoms with E-state index in [0.717, 1.165) is 12.8 Å². The lowest BCUT2D eigenvalue weighted by Gasteiger charge is -2.20. The maximum Gasteiger partial charge on any atom is 0.306 e. The van der Waals surface area contributed by atoms with E-state index < -0.39 is 47.1 Å². The highest BCUT2D eigenvalue weighted by atomic mass is 19.2. The van der Waals surface area contributed by atoms with Gasteiger partial charge in [-0.05, 0) is 30.7 Å². The number of esters is 1. The Balaban J connectivity index is 2.13. The first-order chi connectivity index (χ1) is 14.7. The number of aryl methyl sites for hydroxylation is 2. The first-order valence-corrected chi connectivity index (χ1v) is 9.34. The number of aromatic nitrogens is 3. The molecule has 0 amide bonds. The summed E-state index contributed by atoms with van der Waals surface area (Å²) in [5.41, 5.74) is 0.147. The van der Waals surface area contributed by atoms with Gasteiger partial charge in [-0.3, -0.25) is 9.59 Å². The SMILES string of the molecule is COC(=O)C[C@H](c1cc(F)c(F)c(F)c1)c1c(O)cc(C)n(CCc2cnc[nH]2)c1=O. The van der Waals surface area contributed by atoms with E-state index in [1.165, 1.54) is 17.0 Å². The van der Waals surface area contributed by atoms with Gasteiger partial charge in [-0.25, -0.2) is 18.2 Å². The summed E-state index contributed by atoms with van der Waals surface area (Å²) >= 11 is 0. The standard InChI is InChI=1S/C21H20F3N3O4/c1-11-5-17(28)19(21(30)27(11)4-3-13-9-25-10-26-13)14(8-18(29)31-2)12-6-15(22)20(24)16(23)7-12/h5-7,9-10,14,28H,3-4,8H2,1-2H3,(H,25,26)/t14-/m1/s1. The summed E-state index contributed by atoms with van der Waals surface area (Å²) in [6.07, 6.45) is 3.03. The molecule has 2 heterocycles. The first-order valence-electron chi connectivity index (χ1n) is 9.34. The van der Waals surface area contributed by atoms with E-state index in [1.54, 1.807) is 13.1 Å². The van der Waals surface area contributed by atoms with Crippen LogP contribution in [0.3, 0.4) is 0 Å². The van der Waals surface area contributed by atoms with Crippen LogP contribution in [-0.2, 0) is 22.5 Å². The van der Waals surface area contributed by atoms with Gasteiger partial charge in [0.05, 0.1) is 25.4 Å². The number of hydrogen-bond donors (Lipinski definition) is 2. The minimum absolute atomic E-state index is 0.182. The summed E-state index contributed by atoms with van der Waals surface area (Å²) in [5, 5.41) is 10.5. The molecule has 0 bridgehead atoms. The maximum absolute atomic E-state index is 13.9. The van der Waals surface area contributed by atoms with Crippen molar-refractivity contribution in [1.29, 1.82) is 0 Å². The average Bonchev–Trinajstić information content (AvgIpc) is 3.23. The van der Waals surface area contributed by atoms with Gasteiger partial charge in [-0.15, -0.1) is 0 Å². The minimum atomic E-state index is -1.68. The summed E-state index contributed by atoms with van der Waals surface area (Å²) < 4.78 is 47.2. The van der Waals surface area contributed by atoms with Crippen molar-refractivity contribution < 1.29 is 27.8 Å². The highest BCUT2D eigenvalue weighted by Crippen LogP contribution is 2.33. The quantitative estimate of drug-likeness (QED) is 0.439. The third-order valence-corrected chi connectivity index (χ3v) is 5.04. The van der Waals surface area contributed by atoms with Crippen LogP contribution in [0.5, 0.6) is 5.75 Å². The number of pyridine rings is 1. The van der Waals surface area contributed by atoms with Crippen molar-refractivity contribution in [3.8, 4) is 5.75 Å². The van der Waals surface area contributed by atoms with Crippen molar-refractivity contribution in [3.05, 3.63) is 81.0 Å². The number of nitrogens with zero attached hydrogens (tertiary/aromatic N) is 2. The zero-order chi connectivity index (χ0) is 22.7. The largest absolute Gasteiger partial charge is 0.507 e. The molecular weight excluding hydrogens is 415 g/mol. The second-order valence-electron chi connectivity index (χ2n) is 7.00. The molecule has 1 atom stereocenters. The summed E-state index contributed by atoms with van der Waals surface area (Å²) in [4.78, 5) is 32.1. The third kappa shape index (κ3) is 4.62. The van der Waals surface area contributed by atoms with Crippen molar-refractivity contribution in [2.24, 2.45) is 0 Å². The molecule has 3 aromatic rings. The number of rotatable bonds is 7. The smallest absolute Gasteiger partial charge is 0.306 e. The Labute approximate surface area is 175 Å². The lowest BCUT2D eigenvalue weighted by atomic mass is 9.88. The fraction of sp³-hybridized carbons (Fsp3) is 0.286. The second-order valence-corrected chi connectivity index (χ2v) is 7.00. The molecule has 31 heavy (non-hydrogen) atoms. The van der Waals surface area contributed by atoms with Gasteiger partial charge in [0, 0.05) is 36.5 Å². The van der Waals surface area contributed by atoms with E-state index in [9.17, 15) is 27.9 Å². The van der Waals surface area contributed by atoms with Gasteiger partial charge in [-0.1, -0.05) is 0 Å². The Bertz CT molecular complexity index is 1140. The molecule has 0 aliphatic carbocycles. The predicted molar refractivity (Wildman–Crippen MR) is 104 cm³/mol. The Morgan fingerprint density at radius 2 is 1.94 bits per heavy atom.